The molecule has 2 rings (SSSR count). The highest BCUT2D eigenvalue weighted by Crippen LogP contribution is 2.27. The fourth-order valence-corrected chi connectivity index (χ4v) is 1.84. The average molecular weight is 207 g/mol. The Labute approximate surface area is 90.3 Å². The van der Waals surface area contributed by atoms with E-state index in [0.717, 1.165) is 25.9 Å². The number of phenols is 1. The molecule has 1 aliphatic rings. The largest absolute Gasteiger partial charge is 0.504 e. The van der Waals surface area contributed by atoms with E-state index in [-0.39, 0.29) is 11.9 Å². The molecule has 0 saturated carbocycles. The van der Waals surface area contributed by atoms with Crippen molar-refractivity contribution in [1.29, 1.82) is 0 Å². The number of rotatable bonds is 2. The molecule has 0 spiro atoms. The van der Waals surface area contributed by atoms with Crippen LogP contribution in [0.3, 0.4) is 0 Å². The molecule has 3 heteroatoms. The van der Waals surface area contributed by atoms with E-state index >= 15 is 0 Å². The van der Waals surface area contributed by atoms with Crippen molar-refractivity contribution in [3.63, 3.8) is 0 Å². The zero-order chi connectivity index (χ0) is 10.7. The minimum atomic E-state index is 0.233. The molecule has 0 aliphatic carbocycles. The summed E-state index contributed by atoms with van der Waals surface area (Å²) in [4.78, 5) is 2.30. The number of piperidine rings is 1. The van der Waals surface area contributed by atoms with Gasteiger partial charge in [0, 0.05) is 13.1 Å². The van der Waals surface area contributed by atoms with Crippen molar-refractivity contribution in [3.8, 4) is 11.5 Å². The molecule has 0 radical (unpaired) electrons. The zero-order valence-electron chi connectivity index (χ0n) is 9.02. The van der Waals surface area contributed by atoms with Gasteiger partial charge < -0.3 is 14.7 Å². The van der Waals surface area contributed by atoms with E-state index in [0.29, 0.717) is 5.75 Å². The van der Waals surface area contributed by atoms with Crippen LogP contribution in [0.15, 0.2) is 24.3 Å². The minimum Gasteiger partial charge on any atom is -0.504 e. The fourth-order valence-electron chi connectivity index (χ4n) is 1.84. The van der Waals surface area contributed by atoms with Crippen molar-refractivity contribution in [2.45, 2.75) is 18.9 Å². The van der Waals surface area contributed by atoms with Crippen LogP contribution in [-0.4, -0.2) is 36.2 Å². The molecule has 0 atom stereocenters. The molecule has 1 fully saturated rings. The predicted octanol–water partition coefficient (Wildman–Crippen LogP) is 1.87. The van der Waals surface area contributed by atoms with Crippen molar-refractivity contribution in [2.24, 2.45) is 0 Å². The summed E-state index contributed by atoms with van der Waals surface area (Å²) in [6, 6.07) is 7.15. The van der Waals surface area contributed by atoms with Crippen LogP contribution < -0.4 is 4.74 Å². The van der Waals surface area contributed by atoms with Crippen molar-refractivity contribution in [2.75, 3.05) is 20.1 Å². The summed E-state index contributed by atoms with van der Waals surface area (Å²) in [7, 11) is 2.12. The van der Waals surface area contributed by atoms with Gasteiger partial charge in [-0.1, -0.05) is 12.1 Å². The Morgan fingerprint density at radius 3 is 2.60 bits per heavy atom. The van der Waals surface area contributed by atoms with Crippen LogP contribution in [0, 0.1) is 0 Å². The normalized spacial score (nSPS) is 19.0. The van der Waals surface area contributed by atoms with Crippen LogP contribution >= 0.6 is 0 Å². The maximum absolute atomic E-state index is 9.56. The topological polar surface area (TPSA) is 32.7 Å². The smallest absolute Gasteiger partial charge is 0.161 e. The molecule has 1 aromatic rings. The van der Waals surface area contributed by atoms with Gasteiger partial charge in [0.1, 0.15) is 6.10 Å². The van der Waals surface area contributed by atoms with E-state index < -0.39 is 0 Å². The Morgan fingerprint density at radius 1 is 1.27 bits per heavy atom. The van der Waals surface area contributed by atoms with Gasteiger partial charge in [0.2, 0.25) is 0 Å². The molecule has 82 valence electrons. The first-order valence-electron chi connectivity index (χ1n) is 5.39. The van der Waals surface area contributed by atoms with Crippen LogP contribution in [0.25, 0.3) is 0 Å². The molecule has 0 unspecified atom stereocenters. The van der Waals surface area contributed by atoms with Crippen molar-refractivity contribution >= 4 is 0 Å². The lowest BCUT2D eigenvalue weighted by atomic mass is 10.1. The van der Waals surface area contributed by atoms with Gasteiger partial charge in [0.15, 0.2) is 11.5 Å². The Kier molecular flexibility index (Phi) is 3.11. The van der Waals surface area contributed by atoms with Gasteiger partial charge in [-0.25, -0.2) is 0 Å². The number of ether oxygens (including phenoxy) is 1. The maximum atomic E-state index is 9.56. The summed E-state index contributed by atoms with van der Waals surface area (Å²) in [5.74, 6) is 0.837. The molecule has 1 heterocycles. The number of likely N-dealkylation sites (tertiary alicyclic amines) is 1. The quantitative estimate of drug-likeness (QED) is 0.803. The average Bonchev–Trinajstić information content (AvgIpc) is 2.25. The van der Waals surface area contributed by atoms with Gasteiger partial charge in [-0.15, -0.1) is 0 Å². The van der Waals surface area contributed by atoms with Gasteiger partial charge >= 0.3 is 0 Å². The Balaban J connectivity index is 1.95. The molecule has 0 aromatic heterocycles. The highest BCUT2D eigenvalue weighted by Gasteiger charge is 2.18. The van der Waals surface area contributed by atoms with Crippen molar-refractivity contribution in [1.82, 2.24) is 4.90 Å². The second kappa shape index (κ2) is 4.53. The number of hydrogen-bond donors (Lipinski definition) is 1. The van der Waals surface area contributed by atoms with E-state index in [9.17, 15) is 5.11 Å². The summed E-state index contributed by atoms with van der Waals surface area (Å²) in [5, 5.41) is 9.56. The zero-order valence-corrected chi connectivity index (χ0v) is 9.02. The third kappa shape index (κ3) is 2.63. The van der Waals surface area contributed by atoms with Crippen LogP contribution in [-0.2, 0) is 0 Å². The predicted molar refractivity (Wildman–Crippen MR) is 59.3 cm³/mol. The first kappa shape index (κ1) is 10.3. The summed E-state index contributed by atoms with van der Waals surface area (Å²) in [6.45, 7) is 2.14. The number of benzene rings is 1. The van der Waals surface area contributed by atoms with E-state index in [4.69, 9.17) is 4.74 Å². The number of phenolic OH excluding ortho intramolecular Hbond substituents is 1. The number of nitrogens with zero attached hydrogens (tertiary/aromatic N) is 1. The molecule has 0 bridgehead atoms. The summed E-state index contributed by atoms with van der Waals surface area (Å²) < 4.78 is 5.76. The number of aromatic hydroxyl groups is 1. The van der Waals surface area contributed by atoms with Crippen molar-refractivity contribution in [3.05, 3.63) is 24.3 Å². The maximum Gasteiger partial charge on any atom is 0.161 e. The van der Waals surface area contributed by atoms with E-state index in [2.05, 4.69) is 11.9 Å². The molecule has 15 heavy (non-hydrogen) atoms. The molecule has 1 aromatic carbocycles. The molecule has 1 N–H and O–H groups in total. The summed E-state index contributed by atoms with van der Waals surface area (Å²) in [5.41, 5.74) is 0. The van der Waals surface area contributed by atoms with E-state index in [1.54, 1.807) is 12.1 Å². The molecular weight excluding hydrogens is 190 g/mol. The van der Waals surface area contributed by atoms with Gasteiger partial charge in [-0.05, 0) is 32.0 Å². The second-order valence-electron chi connectivity index (χ2n) is 4.09. The Morgan fingerprint density at radius 2 is 1.93 bits per heavy atom. The van der Waals surface area contributed by atoms with Crippen LogP contribution in [0.5, 0.6) is 11.5 Å². The van der Waals surface area contributed by atoms with Gasteiger partial charge in [0.25, 0.3) is 0 Å². The standard InChI is InChI=1S/C12H17NO2/c1-13-8-6-10(7-9-13)15-12-5-3-2-4-11(12)14/h2-5,10,14H,6-9H2,1H3. The van der Waals surface area contributed by atoms with Crippen molar-refractivity contribution < 1.29 is 9.84 Å². The van der Waals surface area contributed by atoms with Crippen LogP contribution in [0.2, 0.25) is 0 Å². The van der Waals surface area contributed by atoms with Crippen LogP contribution in [0.1, 0.15) is 12.8 Å². The van der Waals surface area contributed by atoms with Gasteiger partial charge in [0.05, 0.1) is 0 Å². The lowest BCUT2D eigenvalue weighted by Gasteiger charge is -2.29. The van der Waals surface area contributed by atoms with Gasteiger partial charge in [-0.3, -0.25) is 0 Å². The first-order chi connectivity index (χ1) is 7.25. The molecule has 1 saturated heterocycles. The minimum absolute atomic E-state index is 0.233. The highest BCUT2D eigenvalue weighted by molar-refractivity contribution is 5.38. The van der Waals surface area contributed by atoms with Crippen LogP contribution in [0.4, 0.5) is 0 Å². The lowest BCUT2D eigenvalue weighted by molar-refractivity contribution is 0.111. The van der Waals surface area contributed by atoms with Gasteiger partial charge in [-0.2, -0.15) is 0 Å². The fraction of sp³-hybridized carbons (Fsp3) is 0.500. The molecule has 3 nitrogen and oxygen atoms in total. The molecule has 0 amide bonds. The Hall–Kier alpha value is -1.22. The third-order valence-corrected chi connectivity index (χ3v) is 2.82. The van der Waals surface area contributed by atoms with E-state index in [1.165, 1.54) is 0 Å². The molecular formula is C12H17NO2. The monoisotopic (exact) mass is 207 g/mol. The lowest BCUT2D eigenvalue weighted by Crippen LogP contribution is -2.35. The summed E-state index contributed by atoms with van der Waals surface area (Å²) >= 11 is 0. The SMILES string of the molecule is CN1CCC(Oc2ccccc2O)CC1. The second-order valence-corrected chi connectivity index (χ2v) is 4.09. The number of hydrogen-bond acceptors (Lipinski definition) is 3. The highest BCUT2D eigenvalue weighted by atomic mass is 16.5. The van der Waals surface area contributed by atoms with E-state index in [1.807, 2.05) is 12.1 Å². The summed E-state index contributed by atoms with van der Waals surface area (Å²) in [6.07, 6.45) is 2.31. The third-order valence-electron chi connectivity index (χ3n) is 2.82. The first-order valence-corrected chi connectivity index (χ1v) is 5.39. The Bertz CT molecular complexity index is 319. The number of para-hydroxylation sites is 2. The molecule has 1 aliphatic heterocycles.